The second-order valence-electron chi connectivity index (χ2n) is 9.37. The van der Waals surface area contributed by atoms with Gasteiger partial charge in [0.25, 0.3) is 0 Å². The van der Waals surface area contributed by atoms with E-state index in [0.29, 0.717) is 25.5 Å². The van der Waals surface area contributed by atoms with Crippen molar-refractivity contribution in [2.45, 2.75) is 58.8 Å². The van der Waals surface area contributed by atoms with Crippen LogP contribution >= 0.6 is 0 Å². The number of nitrogens with one attached hydrogen (secondary N) is 2. The topological polar surface area (TPSA) is 110 Å². The maximum absolute atomic E-state index is 12.4. The molecule has 4 aromatic rings. The van der Waals surface area contributed by atoms with Crippen molar-refractivity contribution >= 4 is 33.7 Å². The second-order valence-corrected chi connectivity index (χ2v) is 9.37. The summed E-state index contributed by atoms with van der Waals surface area (Å²) in [6.45, 7) is 6.07. The molecule has 0 aliphatic carbocycles. The predicted octanol–water partition coefficient (Wildman–Crippen LogP) is 5.87. The van der Waals surface area contributed by atoms with E-state index >= 15 is 0 Å². The molecule has 0 saturated carbocycles. The van der Waals surface area contributed by atoms with E-state index in [4.69, 9.17) is 15.6 Å². The quantitative estimate of drug-likeness (QED) is 0.161. The molecule has 0 bridgehead atoms. The first-order valence-electron chi connectivity index (χ1n) is 13.5. The van der Waals surface area contributed by atoms with Crippen molar-refractivity contribution in [2.75, 3.05) is 37.9 Å². The van der Waals surface area contributed by atoms with E-state index in [-0.39, 0.29) is 19.0 Å². The van der Waals surface area contributed by atoms with Gasteiger partial charge in [0, 0.05) is 37.1 Å². The Morgan fingerprint density at radius 1 is 1.05 bits per heavy atom. The van der Waals surface area contributed by atoms with Crippen LogP contribution in [-0.4, -0.2) is 52.6 Å². The summed E-state index contributed by atoms with van der Waals surface area (Å²) in [6, 6.07) is 13.9. The zero-order valence-corrected chi connectivity index (χ0v) is 23.3. The zero-order valence-electron chi connectivity index (χ0n) is 23.3. The standard InChI is InChI=1S/C27H33F3N6O.C2H6O/c1-3-4-14-33-25-24-23(34-26(31)35-25)20-8-5-6-9-21(20)36(24)17-19-15-18(10-11-22(19)37-2)16-32-13-7-12-27(28,29)30;1-2-3/h5-6,8-11,15,32H,3-4,7,12-14,16-17H2,1-2H3,(H3,31,33,34,35);3H,2H2,1H3. The zero-order chi connectivity index (χ0) is 29.1. The van der Waals surface area contributed by atoms with Gasteiger partial charge in [-0.1, -0.05) is 37.6 Å². The lowest BCUT2D eigenvalue weighted by molar-refractivity contribution is -0.135. The highest BCUT2D eigenvalue weighted by Gasteiger charge is 2.25. The van der Waals surface area contributed by atoms with Crippen molar-refractivity contribution in [1.29, 1.82) is 0 Å². The lowest BCUT2D eigenvalue weighted by atomic mass is 10.1. The molecule has 0 atom stereocenters. The van der Waals surface area contributed by atoms with E-state index in [2.05, 4.69) is 32.1 Å². The highest BCUT2D eigenvalue weighted by Crippen LogP contribution is 2.34. The molecule has 0 amide bonds. The van der Waals surface area contributed by atoms with Gasteiger partial charge in [-0.15, -0.1) is 0 Å². The van der Waals surface area contributed by atoms with Gasteiger partial charge in [0.1, 0.15) is 16.8 Å². The van der Waals surface area contributed by atoms with Gasteiger partial charge in [0.05, 0.1) is 19.2 Å². The summed E-state index contributed by atoms with van der Waals surface area (Å²) in [5, 5.41) is 15.1. The Hall–Kier alpha value is -3.57. The Kier molecular flexibility index (Phi) is 11.4. The number of halogens is 3. The highest BCUT2D eigenvalue weighted by atomic mass is 19.4. The number of aliphatic hydroxyl groups is 1. The maximum atomic E-state index is 12.4. The summed E-state index contributed by atoms with van der Waals surface area (Å²) in [7, 11) is 1.63. The van der Waals surface area contributed by atoms with Crippen LogP contribution in [0.1, 0.15) is 50.7 Å². The van der Waals surface area contributed by atoms with E-state index in [0.717, 1.165) is 58.2 Å². The first-order valence-corrected chi connectivity index (χ1v) is 13.5. The molecule has 4 rings (SSSR count). The number of hydrogen-bond acceptors (Lipinski definition) is 7. The molecule has 0 aliphatic heterocycles. The smallest absolute Gasteiger partial charge is 0.389 e. The summed E-state index contributed by atoms with van der Waals surface area (Å²) in [4.78, 5) is 9.09. The fraction of sp³-hybridized carbons (Fsp3) is 0.448. The monoisotopic (exact) mass is 560 g/mol. The van der Waals surface area contributed by atoms with E-state index < -0.39 is 12.6 Å². The van der Waals surface area contributed by atoms with Gasteiger partial charge < -0.3 is 30.8 Å². The van der Waals surface area contributed by atoms with Gasteiger partial charge in [-0.05, 0) is 50.1 Å². The summed E-state index contributed by atoms with van der Waals surface area (Å²) in [5.74, 6) is 1.63. The van der Waals surface area contributed by atoms with Crippen LogP contribution in [0.4, 0.5) is 24.9 Å². The van der Waals surface area contributed by atoms with Crippen molar-refractivity contribution in [3.63, 3.8) is 0 Å². The predicted molar refractivity (Wildman–Crippen MR) is 155 cm³/mol. The van der Waals surface area contributed by atoms with Gasteiger partial charge in [0.15, 0.2) is 5.82 Å². The number of para-hydroxylation sites is 1. The number of nitrogens with two attached hydrogens (primary N) is 1. The second kappa shape index (κ2) is 14.7. The molecule has 2 aromatic heterocycles. The van der Waals surface area contributed by atoms with Crippen LogP contribution < -0.4 is 21.1 Å². The van der Waals surface area contributed by atoms with Gasteiger partial charge in [0.2, 0.25) is 5.95 Å². The van der Waals surface area contributed by atoms with Crippen molar-refractivity contribution in [3.05, 3.63) is 53.6 Å². The number of nitrogen functional groups attached to an aromatic ring is 1. The van der Waals surface area contributed by atoms with Crippen LogP contribution in [0.2, 0.25) is 0 Å². The number of fused-ring (bicyclic) bond motifs is 3. The van der Waals surface area contributed by atoms with Crippen molar-refractivity contribution < 1.29 is 23.0 Å². The minimum absolute atomic E-state index is 0.0464. The van der Waals surface area contributed by atoms with Crippen LogP contribution in [-0.2, 0) is 13.1 Å². The first kappa shape index (κ1) is 31.0. The Morgan fingerprint density at radius 3 is 2.50 bits per heavy atom. The number of nitrogens with zero attached hydrogens (tertiary/aromatic N) is 3. The fourth-order valence-corrected chi connectivity index (χ4v) is 4.50. The Balaban J connectivity index is 0.00000141. The lowest BCUT2D eigenvalue weighted by Gasteiger charge is -2.15. The van der Waals surface area contributed by atoms with Crippen LogP contribution in [0.3, 0.4) is 0 Å². The van der Waals surface area contributed by atoms with Crippen LogP contribution in [0.5, 0.6) is 5.75 Å². The number of aliphatic hydroxyl groups excluding tert-OH is 1. The minimum Gasteiger partial charge on any atom is -0.496 e. The largest absolute Gasteiger partial charge is 0.496 e. The molecule has 0 spiro atoms. The number of aromatic nitrogens is 3. The van der Waals surface area contributed by atoms with Crippen LogP contribution in [0.15, 0.2) is 42.5 Å². The van der Waals surface area contributed by atoms with Gasteiger partial charge >= 0.3 is 6.18 Å². The molecule has 0 unspecified atom stereocenters. The third kappa shape index (κ3) is 8.22. The van der Waals surface area contributed by atoms with Crippen LogP contribution in [0, 0.1) is 0 Å². The number of hydrogen-bond donors (Lipinski definition) is 4. The Labute approximate surface area is 232 Å². The average Bonchev–Trinajstić information content (AvgIpc) is 3.22. The molecule has 8 nitrogen and oxygen atoms in total. The lowest BCUT2D eigenvalue weighted by Crippen LogP contribution is -2.18. The Morgan fingerprint density at radius 2 is 1.80 bits per heavy atom. The molecule has 2 heterocycles. The van der Waals surface area contributed by atoms with E-state index in [9.17, 15) is 13.2 Å². The third-order valence-corrected chi connectivity index (χ3v) is 6.26. The number of rotatable bonds is 12. The number of alkyl halides is 3. The fourth-order valence-electron chi connectivity index (χ4n) is 4.50. The molecule has 0 radical (unpaired) electrons. The molecule has 40 heavy (non-hydrogen) atoms. The third-order valence-electron chi connectivity index (χ3n) is 6.26. The van der Waals surface area contributed by atoms with Crippen LogP contribution in [0.25, 0.3) is 21.9 Å². The molecular weight excluding hydrogens is 521 g/mol. The SMILES string of the molecule is CCCCNc1nc(N)nc2c3ccccc3n(Cc3cc(CNCCCC(F)(F)F)ccc3OC)c12.CCO. The first-order chi connectivity index (χ1) is 19.2. The van der Waals surface area contributed by atoms with Crippen molar-refractivity contribution in [2.24, 2.45) is 0 Å². The Bertz CT molecular complexity index is 1370. The number of anilines is 2. The van der Waals surface area contributed by atoms with E-state index in [1.54, 1.807) is 14.0 Å². The summed E-state index contributed by atoms with van der Waals surface area (Å²) >= 11 is 0. The highest BCUT2D eigenvalue weighted by molar-refractivity contribution is 6.09. The van der Waals surface area contributed by atoms with Gasteiger partial charge in [-0.25, -0.2) is 4.98 Å². The normalized spacial score (nSPS) is 11.5. The van der Waals surface area contributed by atoms with E-state index in [1.807, 2.05) is 42.5 Å². The number of ether oxygens (including phenoxy) is 1. The number of unbranched alkanes of at least 4 members (excludes halogenated alkanes) is 1. The average molecular weight is 561 g/mol. The van der Waals surface area contributed by atoms with E-state index in [1.165, 1.54) is 0 Å². The summed E-state index contributed by atoms with van der Waals surface area (Å²) < 4.78 is 45.1. The molecule has 2 aromatic carbocycles. The van der Waals surface area contributed by atoms with Crippen molar-refractivity contribution in [3.8, 4) is 5.75 Å². The van der Waals surface area contributed by atoms with Gasteiger partial charge in [-0.2, -0.15) is 18.2 Å². The summed E-state index contributed by atoms with van der Waals surface area (Å²) in [6.07, 6.45) is -2.82. The molecule has 5 N–H and O–H groups in total. The molecule has 0 fully saturated rings. The summed E-state index contributed by atoms with van der Waals surface area (Å²) in [5.41, 5.74) is 10.6. The van der Waals surface area contributed by atoms with Crippen molar-refractivity contribution in [1.82, 2.24) is 19.9 Å². The molecule has 0 saturated heterocycles. The molecular formula is C29H39F3N6O2. The number of methoxy groups -OCH3 is 1. The maximum Gasteiger partial charge on any atom is 0.389 e. The minimum atomic E-state index is -4.13. The molecule has 0 aliphatic rings. The number of benzene rings is 2. The van der Waals surface area contributed by atoms with Gasteiger partial charge in [-0.3, -0.25) is 0 Å². The molecule has 11 heteroatoms. The molecule has 218 valence electrons.